The average molecular weight is 293 g/mol. The van der Waals surface area contributed by atoms with Gasteiger partial charge in [0.15, 0.2) is 5.15 Å². The summed E-state index contributed by atoms with van der Waals surface area (Å²) in [5, 5.41) is 8.81. The van der Waals surface area contributed by atoms with Crippen LogP contribution in [0.4, 0.5) is 0 Å². The van der Waals surface area contributed by atoms with Crippen molar-refractivity contribution < 1.29 is 0 Å². The molecular weight excluding hydrogens is 289 g/mol. The largest absolute Gasteiger partial charge is 0.171 e. The van der Waals surface area contributed by atoms with Gasteiger partial charge in [-0.2, -0.15) is 5.10 Å². The second kappa shape index (κ2) is 3.88. The Bertz CT molecular complexity index is 469. The smallest absolute Gasteiger partial charge is 0.155 e. The topological polar surface area (TPSA) is 30.7 Å². The summed E-state index contributed by atoms with van der Waals surface area (Å²) in [5.41, 5.74) is 0.688. The van der Waals surface area contributed by atoms with Gasteiger partial charge in [0.25, 0.3) is 0 Å². The first kappa shape index (κ1) is 9.96. The summed E-state index contributed by atoms with van der Waals surface area (Å²) < 4.78 is 0.908. The molecule has 0 radical (unpaired) electrons. The average Bonchev–Trinajstić information content (AvgIpc) is 2.56. The number of benzene rings is 1. The summed E-state index contributed by atoms with van der Waals surface area (Å²) >= 11 is 15.0. The first-order valence-corrected chi connectivity index (χ1v) is 5.25. The van der Waals surface area contributed by atoms with Crippen molar-refractivity contribution in [2.24, 2.45) is 0 Å². The van der Waals surface area contributed by atoms with Crippen LogP contribution in [0.15, 0.2) is 28.9 Å². The number of rotatable bonds is 1. The second-order valence-electron chi connectivity index (χ2n) is 2.55. The molecule has 0 aliphatic rings. The fourth-order valence-electron chi connectivity index (χ4n) is 1.000. The van der Waals surface area contributed by atoms with E-state index in [9.17, 15) is 0 Å². The molecule has 0 saturated carbocycles. The Morgan fingerprint density at radius 3 is 2.71 bits per heavy atom. The van der Waals surface area contributed by atoms with E-state index in [0.717, 1.165) is 4.47 Å². The van der Waals surface area contributed by atoms with Crippen LogP contribution in [-0.2, 0) is 0 Å². The minimum atomic E-state index is 0.334. The molecular formula is C8H4BrCl2N3. The van der Waals surface area contributed by atoms with Gasteiger partial charge >= 0.3 is 0 Å². The lowest BCUT2D eigenvalue weighted by Crippen LogP contribution is -1.99. The lowest BCUT2D eigenvalue weighted by atomic mass is 10.3. The molecule has 14 heavy (non-hydrogen) atoms. The van der Waals surface area contributed by atoms with E-state index >= 15 is 0 Å². The lowest BCUT2D eigenvalue weighted by molar-refractivity contribution is 0.752. The highest BCUT2D eigenvalue weighted by molar-refractivity contribution is 9.10. The van der Waals surface area contributed by atoms with Crippen LogP contribution in [0.2, 0.25) is 10.2 Å². The number of hydrogen-bond acceptors (Lipinski definition) is 2. The van der Waals surface area contributed by atoms with Crippen molar-refractivity contribution in [2.45, 2.75) is 0 Å². The van der Waals surface area contributed by atoms with Gasteiger partial charge in [-0.3, -0.25) is 0 Å². The van der Waals surface area contributed by atoms with Crippen LogP contribution in [0.1, 0.15) is 0 Å². The standard InChI is InChI=1S/C8H4BrCl2N3/c9-5-1-2-6(10)7(3-5)14-12-4-8(11)13-14/h1-4H. The third-order valence-corrected chi connectivity index (χ3v) is 2.57. The molecule has 0 bridgehead atoms. The number of halogens is 3. The van der Waals surface area contributed by atoms with E-state index in [-0.39, 0.29) is 0 Å². The molecule has 0 N–H and O–H groups in total. The van der Waals surface area contributed by atoms with Crippen LogP contribution in [0, 0.1) is 0 Å². The first-order valence-electron chi connectivity index (χ1n) is 3.70. The zero-order chi connectivity index (χ0) is 10.1. The van der Waals surface area contributed by atoms with Gasteiger partial charge in [-0.1, -0.05) is 39.1 Å². The van der Waals surface area contributed by atoms with Crippen LogP contribution >= 0.6 is 39.1 Å². The second-order valence-corrected chi connectivity index (χ2v) is 4.26. The van der Waals surface area contributed by atoms with Gasteiger partial charge in [0.05, 0.1) is 11.2 Å². The lowest BCUT2D eigenvalue weighted by Gasteiger charge is -2.02. The summed E-state index contributed by atoms with van der Waals surface area (Å²) in [5.74, 6) is 0. The molecule has 0 fully saturated rings. The maximum atomic E-state index is 5.98. The Morgan fingerprint density at radius 2 is 2.07 bits per heavy atom. The normalized spacial score (nSPS) is 10.5. The molecule has 3 nitrogen and oxygen atoms in total. The summed E-state index contributed by atoms with van der Waals surface area (Å²) in [7, 11) is 0. The molecule has 72 valence electrons. The van der Waals surface area contributed by atoms with Crippen LogP contribution in [-0.4, -0.2) is 15.0 Å². The Balaban J connectivity index is 2.55. The first-order chi connectivity index (χ1) is 6.66. The molecule has 2 rings (SSSR count). The fraction of sp³-hybridized carbons (Fsp3) is 0. The third kappa shape index (κ3) is 1.92. The molecule has 0 unspecified atom stereocenters. The minimum absolute atomic E-state index is 0.334. The molecule has 0 atom stereocenters. The van der Waals surface area contributed by atoms with Gasteiger partial charge < -0.3 is 0 Å². The Morgan fingerprint density at radius 1 is 1.29 bits per heavy atom. The molecule has 0 saturated heterocycles. The van der Waals surface area contributed by atoms with E-state index < -0.39 is 0 Å². The molecule has 0 spiro atoms. The van der Waals surface area contributed by atoms with Gasteiger partial charge in [0.2, 0.25) is 0 Å². The highest BCUT2D eigenvalue weighted by Gasteiger charge is 2.06. The molecule has 0 aliphatic heterocycles. The van der Waals surface area contributed by atoms with E-state index in [1.807, 2.05) is 12.1 Å². The van der Waals surface area contributed by atoms with Crippen molar-refractivity contribution in [3.63, 3.8) is 0 Å². The monoisotopic (exact) mass is 291 g/mol. The Labute approximate surface area is 98.8 Å². The van der Waals surface area contributed by atoms with Crippen LogP contribution < -0.4 is 0 Å². The van der Waals surface area contributed by atoms with Crippen molar-refractivity contribution in [3.8, 4) is 5.69 Å². The zero-order valence-electron chi connectivity index (χ0n) is 6.78. The maximum absolute atomic E-state index is 5.98. The summed E-state index contributed by atoms with van der Waals surface area (Å²) in [6.45, 7) is 0. The maximum Gasteiger partial charge on any atom is 0.171 e. The molecule has 1 aromatic carbocycles. The quantitative estimate of drug-likeness (QED) is 0.807. The SMILES string of the molecule is Clc1cnn(-c2cc(Br)ccc2Cl)n1. The molecule has 1 aromatic heterocycles. The molecule has 1 heterocycles. The van der Waals surface area contributed by atoms with Crippen molar-refractivity contribution in [2.75, 3.05) is 0 Å². The Hall–Kier alpha value is -0.580. The van der Waals surface area contributed by atoms with E-state index in [1.54, 1.807) is 6.07 Å². The minimum Gasteiger partial charge on any atom is -0.155 e. The summed E-state index contributed by atoms with van der Waals surface area (Å²) in [6, 6.07) is 5.42. The number of nitrogens with zero attached hydrogens (tertiary/aromatic N) is 3. The zero-order valence-corrected chi connectivity index (χ0v) is 9.88. The fourth-order valence-corrected chi connectivity index (χ4v) is 1.66. The van der Waals surface area contributed by atoms with E-state index in [1.165, 1.54) is 11.0 Å². The van der Waals surface area contributed by atoms with Crippen LogP contribution in [0.3, 0.4) is 0 Å². The predicted octanol–water partition coefficient (Wildman–Crippen LogP) is 3.34. The third-order valence-electron chi connectivity index (χ3n) is 1.59. The van der Waals surface area contributed by atoms with Crippen molar-refractivity contribution in [1.82, 2.24) is 15.0 Å². The van der Waals surface area contributed by atoms with E-state index in [2.05, 4.69) is 26.1 Å². The predicted molar refractivity (Wildman–Crippen MR) is 59.1 cm³/mol. The van der Waals surface area contributed by atoms with Crippen LogP contribution in [0.5, 0.6) is 0 Å². The molecule has 0 amide bonds. The van der Waals surface area contributed by atoms with Crippen molar-refractivity contribution >= 4 is 39.1 Å². The van der Waals surface area contributed by atoms with Gasteiger partial charge in [-0.15, -0.1) is 9.90 Å². The highest BCUT2D eigenvalue weighted by atomic mass is 79.9. The molecule has 0 aliphatic carbocycles. The van der Waals surface area contributed by atoms with Gasteiger partial charge in [0, 0.05) is 4.47 Å². The van der Waals surface area contributed by atoms with E-state index in [4.69, 9.17) is 23.2 Å². The van der Waals surface area contributed by atoms with Crippen molar-refractivity contribution in [1.29, 1.82) is 0 Å². The van der Waals surface area contributed by atoms with Gasteiger partial charge in [-0.25, -0.2) is 0 Å². The Kier molecular flexibility index (Phi) is 2.76. The molecule has 2 aromatic rings. The number of aromatic nitrogens is 3. The molecule has 6 heteroatoms. The van der Waals surface area contributed by atoms with E-state index in [0.29, 0.717) is 15.9 Å². The summed E-state index contributed by atoms with van der Waals surface area (Å²) in [4.78, 5) is 1.38. The number of hydrogen-bond donors (Lipinski definition) is 0. The van der Waals surface area contributed by atoms with Crippen molar-refractivity contribution in [3.05, 3.63) is 39.0 Å². The van der Waals surface area contributed by atoms with Gasteiger partial charge in [-0.05, 0) is 18.2 Å². The van der Waals surface area contributed by atoms with Crippen LogP contribution in [0.25, 0.3) is 5.69 Å². The summed E-state index contributed by atoms with van der Waals surface area (Å²) in [6.07, 6.45) is 1.46. The van der Waals surface area contributed by atoms with Gasteiger partial charge in [0.1, 0.15) is 5.69 Å². The highest BCUT2D eigenvalue weighted by Crippen LogP contribution is 2.23.